The Kier molecular flexibility index (Phi) is 5.38. The molecule has 2 amide bonds. The van der Waals surface area contributed by atoms with Gasteiger partial charge in [-0.2, -0.15) is 5.10 Å². The largest absolute Gasteiger partial charge is 0.454 e. The molecule has 1 aliphatic heterocycles. The highest BCUT2D eigenvalue weighted by atomic mass is 19.1. The summed E-state index contributed by atoms with van der Waals surface area (Å²) in [5.74, 6) is 0.00958. The summed E-state index contributed by atoms with van der Waals surface area (Å²) in [7, 11) is 0. The van der Waals surface area contributed by atoms with Crippen molar-refractivity contribution < 1.29 is 23.5 Å². The molecule has 0 radical (unpaired) electrons. The molecule has 0 saturated carbocycles. The highest BCUT2D eigenvalue weighted by Crippen LogP contribution is 2.31. The Morgan fingerprint density at radius 3 is 2.53 bits per heavy atom. The molecule has 150 valence electrons. The molecule has 0 saturated heterocycles. The van der Waals surface area contributed by atoms with Gasteiger partial charge in [0.25, 0.3) is 11.8 Å². The first-order valence-electron chi connectivity index (χ1n) is 8.98. The van der Waals surface area contributed by atoms with E-state index in [0.29, 0.717) is 28.3 Å². The maximum absolute atomic E-state index is 13.0. The van der Waals surface area contributed by atoms with Crippen molar-refractivity contribution in [3.63, 3.8) is 0 Å². The quantitative estimate of drug-likeness (QED) is 0.502. The van der Waals surface area contributed by atoms with Crippen molar-refractivity contribution in [2.24, 2.45) is 5.10 Å². The van der Waals surface area contributed by atoms with Crippen LogP contribution in [0.1, 0.15) is 26.3 Å². The van der Waals surface area contributed by atoms with Crippen LogP contribution in [0.5, 0.6) is 11.5 Å². The summed E-state index contributed by atoms with van der Waals surface area (Å²) in [4.78, 5) is 24.6. The second-order valence-electron chi connectivity index (χ2n) is 6.35. The van der Waals surface area contributed by atoms with Crippen molar-refractivity contribution in [3.8, 4) is 11.5 Å². The number of halogens is 1. The van der Waals surface area contributed by atoms with Crippen molar-refractivity contribution in [3.05, 3.63) is 89.2 Å². The second-order valence-corrected chi connectivity index (χ2v) is 6.35. The number of anilines is 1. The van der Waals surface area contributed by atoms with Crippen LogP contribution in [0.4, 0.5) is 10.1 Å². The van der Waals surface area contributed by atoms with E-state index < -0.39 is 17.6 Å². The van der Waals surface area contributed by atoms with Crippen molar-refractivity contribution in [1.29, 1.82) is 0 Å². The molecule has 8 heteroatoms. The van der Waals surface area contributed by atoms with Gasteiger partial charge in [0.15, 0.2) is 11.5 Å². The average Bonchev–Trinajstić information content (AvgIpc) is 3.22. The number of fused-ring (bicyclic) bond motifs is 1. The number of hydrazone groups is 1. The summed E-state index contributed by atoms with van der Waals surface area (Å²) >= 11 is 0. The fraction of sp³-hybridized carbons (Fsp3) is 0.0455. The third-order valence-corrected chi connectivity index (χ3v) is 4.27. The maximum atomic E-state index is 13.0. The molecule has 1 heterocycles. The zero-order valence-electron chi connectivity index (χ0n) is 15.6. The van der Waals surface area contributed by atoms with E-state index in [0.717, 1.165) is 5.56 Å². The minimum Gasteiger partial charge on any atom is -0.454 e. The number of hydrogen-bond donors (Lipinski definition) is 2. The lowest BCUT2D eigenvalue weighted by atomic mass is 10.1. The van der Waals surface area contributed by atoms with Gasteiger partial charge >= 0.3 is 0 Å². The second kappa shape index (κ2) is 8.44. The molecule has 0 spiro atoms. The monoisotopic (exact) mass is 405 g/mol. The maximum Gasteiger partial charge on any atom is 0.271 e. The zero-order chi connectivity index (χ0) is 20.9. The molecule has 3 aromatic carbocycles. The van der Waals surface area contributed by atoms with Crippen LogP contribution < -0.4 is 20.2 Å². The third kappa shape index (κ3) is 4.44. The van der Waals surface area contributed by atoms with Crippen LogP contribution in [0, 0.1) is 5.82 Å². The lowest BCUT2D eigenvalue weighted by Gasteiger charge is -2.07. The van der Waals surface area contributed by atoms with Crippen LogP contribution in [-0.4, -0.2) is 24.8 Å². The zero-order valence-corrected chi connectivity index (χ0v) is 15.6. The first-order valence-corrected chi connectivity index (χ1v) is 8.98. The fourth-order valence-corrected chi connectivity index (χ4v) is 2.77. The van der Waals surface area contributed by atoms with Gasteiger partial charge < -0.3 is 14.8 Å². The van der Waals surface area contributed by atoms with Gasteiger partial charge in [0, 0.05) is 16.8 Å². The van der Waals surface area contributed by atoms with Gasteiger partial charge in [-0.05, 0) is 66.2 Å². The van der Waals surface area contributed by atoms with Crippen molar-refractivity contribution in [2.45, 2.75) is 0 Å². The molecule has 3 aromatic rings. The topological polar surface area (TPSA) is 89.0 Å². The molecule has 4 rings (SSSR count). The van der Waals surface area contributed by atoms with E-state index in [2.05, 4.69) is 15.8 Å². The summed E-state index contributed by atoms with van der Waals surface area (Å²) in [6, 6.07) is 16.9. The number of amides is 2. The standard InChI is InChI=1S/C22H16FN3O4/c23-17-7-5-15(6-8-17)21(27)25-18-3-1-2-16(11-18)22(28)26-24-12-14-4-9-19-20(10-14)30-13-29-19/h1-12H,13H2,(H,25,27)(H,26,28). The number of rotatable bonds is 5. The minimum absolute atomic E-state index is 0.181. The number of carbonyl (C=O) groups excluding carboxylic acids is 2. The van der Waals surface area contributed by atoms with Gasteiger partial charge in [0.1, 0.15) is 5.82 Å². The molecule has 1 aliphatic rings. The van der Waals surface area contributed by atoms with Gasteiger partial charge in [-0.25, -0.2) is 9.82 Å². The van der Waals surface area contributed by atoms with E-state index in [9.17, 15) is 14.0 Å². The first kappa shape index (κ1) is 19.1. The Balaban J connectivity index is 1.38. The molecular formula is C22H16FN3O4. The predicted molar refractivity (Wildman–Crippen MR) is 108 cm³/mol. The Morgan fingerprint density at radius 2 is 1.70 bits per heavy atom. The highest BCUT2D eigenvalue weighted by molar-refractivity contribution is 6.05. The summed E-state index contributed by atoms with van der Waals surface area (Å²) < 4.78 is 23.5. The van der Waals surface area contributed by atoms with Crippen molar-refractivity contribution in [2.75, 3.05) is 12.1 Å². The van der Waals surface area contributed by atoms with Gasteiger partial charge in [-0.1, -0.05) is 6.07 Å². The van der Waals surface area contributed by atoms with E-state index in [1.54, 1.807) is 36.4 Å². The molecule has 0 fully saturated rings. The Morgan fingerprint density at radius 1 is 0.900 bits per heavy atom. The minimum atomic E-state index is -0.440. The van der Waals surface area contributed by atoms with E-state index in [4.69, 9.17) is 9.47 Å². The van der Waals surface area contributed by atoms with Crippen LogP contribution in [0.25, 0.3) is 0 Å². The number of ether oxygens (including phenoxy) is 2. The lowest BCUT2D eigenvalue weighted by molar-refractivity contribution is 0.0953. The highest BCUT2D eigenvalue weighted by Gasteiger charge is 2.13. The Labute approximate surface area is 171 Å². The van der Waals surface area contributed by atoms with E-state index in [1.165, 1.54) is 36.5 Å². The molecule has 0 aliphatic carbocycles. The van der Waals surface area contributed by atoms with Gasteiger partial charge in [0.05, 0.1) is 6.21 Å². The number of benzene rings is 3. The third-order valence-electron chi connectivity index (χ3n) is 4.27. The summed E-state index contributed by atoms with van der Waals surface area (Å²) in [5.41, 5.74) is 4.22. The van der Waals surface area contributed by atoms with Crippen LogP contribution in [0.3, 0.4) is 0 Å². The molecule has 30 heavy (non-hydrogen) atoms. The molecule has 2 N–H and O–H groups in total. The predicted octanol–water partition coefficient (Wildman–Crippen LogP) is 3.57. The lowest BCUT2D eigenvalue weighted by Crippen LogP contribution is -2.18. The summed E-state index contributed by atoms with van der Waals surface area (Å²) in [6.45, 7) is 0.181. The molecule has 0 unspecified atom stereocenters. The van der Waals surface area contributed by atoms with Crippen molar-refractivity contribution >= 4 is 23.7 Å². The Bertz CT molecular complexity index is 1130. The van der Waals surface area contributed by atoms with Gasteiger partial charge in [-0.15, -0.1) is 0 Å². The number of hydrogen-bond acceptors (Lipinski definition) is 5. The normalized spacial score (nSPS) is 12.0. The smallest absolute Gasteiger partial charge is 0.271 e. The fourth-order valence-electron chi connectivity index (χ4n) is 2.77. The van der Waals surface area contributed by atoms with Crippen LogP contribution in [0.15, 0.2) is 71.8 Å². The van der Waals surface area contributed by atoms with E-state index in [1.807, 2.05) is 0 Å². The van der Waals surface area contributed by atoms with Gasteiger partial charge in [-0.3, -0.25) is 9.59 Å². The summed E-state index contributed by atoms with van der Waals surface area (Å²) in [6.07, 6.45) is 1.49. The average molecular weight is 405 g/mol. The SMILES string of the molecule is O=C(NN=Cc1ccc2c(c1)OCO2)c1cccc(NC(=O)c2ccc(F)cc2)c1. The molecule has 0 atom stereocenters. The van der Waals surface area contributed by atoms with Gasteiger partial charge in [0.2, 0.25) is 6.79 Å². The molecule has 0 bridgehead atoms. The van der Waals surface area contributed by atoms with Crippen LogP contribution in [0.2, 0.25) is 0 Å². The van der Waals surface area contributed by atoms with E-state index >= 15 is 0 Å². The summed E-state index contributed by atoms with van der Waals surface area (Å²) in [5, 5.41) is 6.62. The first-order chi connectivity index (χ1) is 14.6. The Hall–Kier alpha value is -4.20. The van der Waals surface area contributed by atoms with Crippen LogP contribution in [-0.2, 0) is 0 Å². The number of nitrogens with one attached hydrogen (secondary N) is 2. The van der Waals surface area contributed by atoms with Crippen LogP contribution >= 0.6 is 0 Å². The number of carbonyl (C=O) groups is 2. The number of nitrogens with zero attached hydrogens (tertiary/aromatic N) is 1. The molecule has 7 nitrogen and oxygen atoms in total. The van der Waals surface area contributed by atoms with Crippen molar-refractivity contribution in [1.82, 2.24) is 5.43 Å². The van der Waals surface area contributed by atoms with E-state index in [-0.39, 0.29) is 6.79 Å². The molecular weight excluding hydrogens is 389 g/mol. The molecule has 0 aromatic heterocycles.